The Labute approximate surface area is 188 Å². The Morgan fingerprint density at radius 2 is 1.73 bits per heavy atom. The molecule has 2 rings (SSSR count). The molecule has 0 radical (unpaired) electrons. The maximum Gasteiger partial charge on any atom is 0.261 e. The maximum absolute atomic E-state index is 13.1. The van der Waals surface area contributed by atoms with Gasteiger partial charge in [0.15, 0.2) is 6.61 Å². The number of rotatable bonds is 10. The second kappa shape index (κ2) is 11.8. The van der Waals surface area contributed by atoms with E-state index in [4.69, 9.17) is 27.9 Å². The lowest BCUT2D eigenvalue weighted by atomic mass is 10.1. The molecule has 7 heteroatoms. The van der Waals surface area contributed by atoms with Gasteiger partial charge in [-0.2, -0.15) is 0 Å². The second-order valence-electron chi connectivity index (χ2n) is 7.43. The standard InChI is InChI=1S/C23H28Cl2N2O3/c1-4-20(23(29)26-13-16(2)3)27(14-17-9-11-18(24)12-10-17)22(28)15-30-21-8-6-5-7-19(21)25/h5-12,16,20H,4,13-15H2,1-3H3,(H,26,29)/t20-/m0/s1. The zero-order chi connectivity index (χ0) is 22.1. The molecule has 0 aliphatic heterocycles. The minimum absolute atomic E-state index is 0.175. The van der Waals surface area contributed by atoms with Crippen LogP contribution in [0.15, 0.2) is 48.5 Å². The van der Waals surface area contributed by atoms with Crippen molar-refractivity contribution in [1.82, 2.24) is 10.2 Å². The smallest absolute Gasteiger partial charge is 0.261 e. The van der Waals surface area contributed by atoms with E-state index in [2.05, 4.69) is 5.32 Å². The van der Waals surface area contributed by atoms with Crippen LogP contribution < -0.4 is 10.1 Å². The molecule has 2 aromatic carbocycles. The number of carbonyl (C=O) groups excluding carboxylic acids is 2. The summed E-state index contributed by atoms with van der Waals surface area (Å²) in [4.78, 5) is 27.5. The van der Waals surface area contributed by atoms with Crippen LogP contribution in [0.5, 0.6) is 5.75 Å². The Hall–Kier alpha value is -2.24. The van der Waals surface area contributed by atoms with Crippen molar-refractivity contribution in [2.45, 2.75) is 39.8 Å². The molecule has 162 valence electrons. The molecule has 0 fully saturated rings. The lowest BCUT2D eigenvalue weighted by Crippen LogP contribution is -2.50. The maximum atomic E-state index is 13.1. The van der Waals surface area contributed by atoms with Gasteiger partial charge in [0, 0.05) is 18.1 Å². The molecule has 5 nitrogen and oxygen atoms in total. The number of para-hydroxylation sites is 1. The van der Waals surface area contributed by atoms with Crippen LogP contribution in [-0.4, -0.2) is 35.9 Å². The van der Waals surface area contributed by atoms with Crippen molar-refractivity contribution < 1.29 is 14.3 Å². The van der Waals surface area contributed by atoms with E-state index in [0.717, 1.165) is 5.56 Å². The van der Waals surface area contributed by atoms with Crippen molar-refractivity contribution in [3.63, 3.8) is 0 Å². The predicted octanol–water partition coefficient (Wildman–Crippen LogP) is 4.95. The lowest BCUT2D eigenvalue weighted by Gasteiger charge is -2.31. The summed E-state index contributed by atoms with van der Waals surface area (Å²) >= 11 is 12.1. The molecular formula is C23H28Cl2N2O3. The molecule has 2 aromatic rings. The first-order chi connectivity index (χ1) is 14.3. The number of carbonyl (C=O) groups is 2. The van der Waals surface area contributed by atoms with E-state index < -0.39 is 6.04 Å². The van der Waals surface area contributed by atoms with Crippen molar-refractivity contribution >= 4 is 35.0 Å². The van der Waals surface area contributed by atoms with Crippen molar-refractivity contribution in [2.24, 2.45) is 5.92 Å². The summed E-state index contributed by atoms with van der Waals surface area (Å²) in [5.41, 5.74) is 0.876. The van der Waals surface area contributed by atoms with E-state index in [-0.39, 0.29) is 25.0 Å². The van der Waals surface area contributed by atoms with Crippen LogP contribution in [0.4, 0.5) is 0 Å². The summed E-state index contributed by atoms with van der Waals surface area (Å²) in [6, 6.07) is 13.6. The van der Waals surface area contributed by atoms with Crippen molar-refractivity contribution in [3.8, 4) is 5.75 Å². The van der Waals surface area contributed by atoms with Crippen LogP contribution in [0.2, 0.25) is 10.0 Å². The lowest BCUT2D eigenvalue weighted by molar-refractivity contribution is -0.143. The van der Waals surface area contributed by atoms with Crippen molar-refractivity contribution in [2.75, 3.05) is 13.2 Å². The van der Waals surface area contributed by atoms with E-state index in [1.807, 2.05) is 32.9 Å². The van der Waals surface area contributed by atoms with Crippen LogP contribution in [0.1, 0.15) is 32.8 Å². The van der Waals surface area contributed by atoms with Crippen LogP contribution in [0.3, 0.4) is 0 Å². The molecule has 0 saturated carbocycles. The first-order valence-electron chi connectivity index (χ1n) is 10.0. The quantitative estimate of drug-likeness (QED) is 0.556. The highest BCUT2D eigenvalue weighted by molar-refractivity contribution is 6.32. The van der Waals surface area contributed by atoms with Crippen LogP contribution in [-0.2, 0) is 16.1 Å². The summed E-state index contributed by atoms with van der Waals surface area (Å²) in [7, 11) is 0. The first-order valence-corrected chi connectivity index (χ1v) is 10.8. The van der Waals surface area contributed by atoms with Gasteiger partial charge in [-0.3, -0.25) is 9.59 Å². The largest absolute Gasteiger partial charge is 0.482 e. The molecule has 0 saturated heterocycles. The normalized spacial score (nSPS) is 11.8. The van der Waals surface area contributed by atoms with Crippen molar-refractivity contribution in [3.05, 3.63) is 64.1 Å². The van der Waals surface area contributed by atoms with Gasteiger partial charge in [-0.15, -0.1) is 0 Å². The molecular weight excluding hydrogens is 423 g/mol. The summed E-state index contributed by atoms with van der Waals surface area (Å²) in [5.74, 6) is 0.273. The van der Waals surface area contributed by atoms with Gasteiger partial charge >= 0.3 is 0 Å². The molecule has 1 atom stereocenters. The fourth-order valence-electron chi connectivity index (χ4n) is 2.91. The minimum Gasteiger partial charge on any atom is -0.482 e. The number of amides is 2. The van der Waals surface area contributed by atoms with Gasteiger partial charge in [0.1, 0.15) is 11.8 Å². The van der Waals surface area contributed by atoms with E-state index in [1.54, 1.807) is 41.3 Å². The molecule has 0 aliphatic carbocycles. The fraction of sp³-hybridized carbons (Fsp3) is 0.391. The number of benzene rings is 2. The molecule has 0 heterocycles. The number of nitrogens with zero attached hydrogens (tertiary/aromatic N) is 1. The number of hydrogen-bond donors (Lipinski definition) is 1. The SMILES string of the molecule is CC[C@@H](C(=O)NCC(C)C)N(Cc1ccc(Cl)cc1)C(=O)COc1ccccc1Cl. The van der Waals surface area contributed by atoms with Crippen molar-refractivity contribution in [1.29, 1.82) is 0 Å². The van der Waals surface area contributed by atoms with Gasteiger partial charge in [0.25, 0.3) is 5.91 Å². The molecule has 1 N–H and O–H groups in total. The Morgan fingerprint density at radius 3 is 2.33 bits per heavy atom. The summed E-state index contributed by atoms with van der Waals surface area (Å²) < 4.78 is 5.63. The Bertz CT molecular complexity index is 841. The zero-order valence-electron chi connectivity index (χ0n) is 17.5. The van der Waals surface area contributed by atoms with Crippen LogP contribution in [0, 0.1) is 5.92 Å². The Morgan fingerprint density at radius 1 is 1.07 bits per heavy atom. The van der Waals surface area contributed by atoms with Gasteiger partial charge < -0.3 is 15.0 Å². The monoisotopic (exact) mass is 450 g/mol. The van der Waals surface area contributed by atoms with Gasteiger partial charge in [0.05, 0.1) is 5.02 Å². The van der Waals surface area contributed by atoms with E-state index in [1.165, 1.54) is 0 Å². The highest BCUT2D eigenvalue weighted by Gasteiger charge is 2.29. The Kier molecular flexibility index (Phi) is 9.47. The number of halogens is 2. The summed E-state index contributed by atoms with van der Waals surface area (Å²) in [6.07, 6.45) is 0.481. The van der Waals surface area contributed by atoms with Gasteiger partial charge in [0.2, 0.25) is 5.91 Å². The molecule has 0 spiro atoms. The van der Waals surface area contributed by atoms with E-state index in [9.17, 15) is 9.59 Å². The van der Waals surface area contributed by atoms with Crippen LogP contribution in [0.25, 0.3) is 0 Å². The third-order valence-corrected chi connectivity index (χ3v) is 5.09. The molecule has 0 bridgehead atoms. The number of hydrogen-bond acceptors (Lipinski definition) is 3. The topological polar surface area (TPSA) is 58.6 Å². The highest BCUT2D eigenvalue weighted by Crippen LogP contribution is 2.23. The van der Waals surface area contributed by atoms with Crippen LogP contribution >= 0.6 is 23.2 Å². The third kappa shape index (κ3) is 7.22. The average Bonchev–Trinajstić information content (AvgIpc) is 2.72. The molecule has 0 unspecified atom stereocenters. The molecule has 30 heavy (non-hydrogen) atoms. The number of ether oxygens (including phenoxy) is 1. The predicted molar refractivity (Wildman–Crippen MR) is 121 cm³/mol. The van der Waals surface area contributed by atoms with E-state index >= 15 is 0 Å². The van der Waals surface area contributed by atoms with Gasteiger partial charge in [-0.05, 0) is 42.2 Å². The molecule has 0 aromatic heterocycles. The second-order valence-corrected chi connectivity index (χ2v) is 8.27. The minimum atomic E-state index is -0.609. The summed E-state index contributed by atoms with van der Waals surface area (Å²) in [5, 5.41) is 3.97. The average molecular weight is 451 g/mol. The first kappa shape index (κ1) is 24.0. The summed E-state index contributed by atoms with van der Waals surface area (Å²) in [6.45, 7) is 6.54. The highest BCUT2D eigenvalue weighted by atomic mass is 35.5. The van der Waals surface area contributed by atoms with E-state index in [0.29, 0.717) is 34.7 Å². The van der Waals surface area contributed by atoms with Gasteiger partial charge in [-0.1, -0.05) is 68.2 Å². The third-order valence-electron chi connectivity index (χ3n) is 4.52. The zero-order valence-corrected chi connectivity index (χ0v) is 19.0. The molecule has 2 amide bonds. The van der Waals surface area contributed by atoms with Gasteiger partial charge in [-0.25, -0.2) is 0 Å². The molecule has 0 aliphatic rings. The number of nitrogens with one attached hydrogen (secondary N) is 1. The Balaban J connectivity index is 2.19. The fourth-order valence-corrected chi connectivity index (χ4v) is 3.23.